The minimum Gasteiger partial charge on any atom is -0.495 e. The van der Waals surface area contributed by atoms with Crippen LogP contribution in [-0.4, -0.2) is 49.5 Å². The fraction of sp³-hybridized carbons (Fsp3) is 0.400. The van der Waals surface area contributed by atoms with Crippen molar-refractivity contribution >= 4 is 40.4 Å². The number of nitrogens with zero attached hydrogens (tertiary/aromatic N) is 1. The number of anilines is 1. The van der Waals surface area contributed by atoms with Gasteiger partial charge in [0.05, 0.1) is 24.2 Å². The number of carbonyl (C=O) groups is 2. The Kier molecular flexibility index (Phi) is 6.93. The first-order chi connectivity index (χ1) is 13.4. The third-order valence-corrected chi connectivity index (χ3v) is 5.92. The van der Waals surface area contributed by atoms with Crippen molar-refractivity contribution in [3.05, 3.63) is 45.1 Å². The monoisotopic (exact) mass is 421 g/mol. The molecule has 1 aliphatic heterocycles. The first-order valence-corrected chi connectivity index (χ1v) is 10.4. The van der Waals surface area contributed by atoms with Crippen LogP contribution in [0.5, 0.6) is 5.75 Å². The van der Waals surface area contributed by atoms with Gasteiger partial charge in [0, 0.05) is 29.0 Å². The quantitative estimate of drug-likeness (QED) is 0.748. The fourth-order valence-corrected chi connectivity index (χ4v) is 4.16. The molecule has 1 aliphatic rings. The van der Waals surface area contributed by atoms with Crippen LogP contribution in [0.15, 0.2) is 30.3 Å². The number of benzene rings is 1. The van der Waals surface area contributed by atoms with Gasteiger partial charge in [0.25, 0.3) is 5.91 Å². The highest BCUT2D eigenvalue weighted by atomic mass is 35.5. The van der Waals surface area contributed by atoms with E-state index in [1.54, 1.807) is 25.3 Å². The number of aryl methyl sites for hydroxylation is 1. The van der Waals surface area contributed by atoms with E-state index < -0.39 is 0 Å². The number of thiophene rings is 1. The highest BCUT2D eigenvalue weighted by molar-refractivity contribution is 7.13. The summed E-state index contributed by atoms with van der Waals surface area (Å²) < 4.78 is 5.25. The minimum atomic E-state index is -0.114. The molecular weight excluding hydrogens is 398 g/mol. The first kappa shape index (κ1) is 20.6. The second kappa shape index (κ2) is 9.41. The van der Waals surface area contributed by atoms with Gasteiger partial charge in [0.2, 0.25) is 5.91 Å². The summed E-state index contributed by atoms with van der Waals surface area (Å²) in [5.74, 6) is 0.447. The number of nitrogens with one attached hydrogen (secondary N) is 2. The molecular formula is C20H24ClN3O3S. The van der Waals surface area contributed by atoms with E-state index in [0.29, 0.717) is 23.0 Å². The van der Waals surface area contributed by atoms with E-state index in [2.05, 4.69) is 15.5 Å². The summed E-state index contributed by atoms with van der Waals surface area (Å²) in [6.07, 6.45) is 1.65. The van der Waals surface area contributed by atoms with Gasteiger partial charge >= 0.3 is 0 Å². The Morgan fingerprint density at radius 2 is 2.00 bits per heavy atom. The van der Waals surface area contributed by atoms with Crippen LogP contribution in [0, 0.1) is 6.92 Å². The zero-order valence-corrected chi connectivity index (χ0v) is 17.5. The second-order valence-electron chi connectivity index (χ2n) is 6.83. The van der Waals surface area contributed by atoms with Gasteiger partial charge in [-0.25, -0.2) is 0 Å². The predicted octanol–water partition coefficient (Wildman–Crippen LogP) is 3.55. The summed E-state index contributed by atoms with van der Waals surface area (Å²) >= 11 is 7.50. The molecule has 1 saturated heterocycles. The van der Waals surface area contributed by atoms with Crippen LogP contribution in [0.2, 0.25) is 5.02 Å². The van der Waals surface area contributed by atoms with Crippen molar-refractivity contribution in [2.75, 3.05) is 32.1 Å². The van der Waals surface area contributed by atoms with Gasteiger partial charge in [-0.05, 0) is 50.1 Å². The number of hydrogen-bond donors (Lipinski definition) is 2. The predicted molar refractivity (Wildman–Crippen MR) is 113 cm³/mol. The standard InChI is InChI=1S/C20H24ClN3O3S/c1-13-3-6-18(28-13)20(26)22-15-7-9-24(10-8-15)12-19(25)23-16-11-14(21)4-5-17(16)27-2/h3-6,11,15H,7-10,12H2,1-2H3,(H,22,26)(H,23,25). The molecule has 3 rings (SSSR count). The van der Waals surface area contributed by atoms with Crippen LogP contribution in [0.4, 0.5) is 5.69 Å². The van der Waals surface area contributed by atoms with Gasteiger partial charge in [0.15, 0.2) is 0 Å². The molecule has 8 heteroatoms. The molecule has 2 N–H and O–H groups in total. The maximum absolute atomic E-state index is 12.4. The van der Waals surface area contributed by atoms with E-state index in [1.165, 1.54) is 11.3 Å². The minimum absolute atomic E-state index is 0.0117. The van der Waals surface area contributed by atoms with Gasteiger partial charge in [-0.1, -0.05) is 11.6 Å². The van der Waals surface area contributed by atoms with Gasteiger partial charge in [0.1, 0.15) is 5.75 Å². The number of ether oxygens (including phenoxy) is 1. The molecule has 2 amide bonds. The van der Waals surface area contributed by atoms with Gasteiger partial charge in [-0.15, -0.1) is 11.3 Å². The Hall–Kier alpha value is -2.09. The van der Waals surface area contributed by atoms with E-state index in [0.717, 1.165) is 35.7 Å². The normalized spacial score (nSPS) is 15.2. The number of rotatable bonds is 6. The number of carbonyl (C=O) groups excluding carboxylic acids is 2. The van der Waals surface area contributed by atoms with E-state index in [4.69, 9.17) is 16.3 Å². The molecule has 28 heavy (non-hydrogen) atoms. The maximum Gasteiger partial charge on any atom is 0.261 e. The molecule has 0 aliphatic carbocycles. The summed E-state index contributed by atoms with van der Waals surface area (Å²) in [5, 5.41) is 6.49. The molecule has 2 heterocycles. The van der Waals surface area contributed by atoms with E-state index >= 15 is 0 Å². The smallest absolute Gasteiger partial charge is 0.261 e. The SMILES string of the molecule is COc1ccc(Cl)cc1NC(=O)CN1CCC(NC(=O)c2ccc(C)s2)CC1. The zero-order valence-electron chi connectivity index (χ0n) is 16.0. The van der Waals surface area contributed by atoms with Crippen LogP contribution < -0.4 is 15.4 Å². The molecule has 1 aromatic carbocycles. The Morgan fingerprint density at radius 1 is 1.25 bits per heavy atom. The lowest BCUT2D eigenvalue weighted by molar-refractivity contribution is -0.117. The Labute approximate surface area is 173 Å². The van der Waals surface area contributed by atoms with Crippen LogP contribution in [0.3, 0.4) is 0 Å². The molecule has 0 bridgehead atoms. The zero-order chi connectivity index (χ0) is 20.1. The Balaban J connectivity index is 1.46. The topological polar surface area (TPSA) is 70.7 Å². The van der Waals surface area contributed by atoms with Crippen molar-refractivity contribution in [3.8, 4) is 5.75 Å². The molecule has 0 unspecified atom stereocenters. The number of piperidine rings is 1. The van der Waals surface area contributed by atoms with Gasteiger partial charge in [-0.2, -0.15) is 0 Å². The number of halogens is 1. The molecule has 0 spiro atoms. The highest BCUT2D eigenvalue weighted by Gasteiger charge is 2.23. The van der Waals surface area contributed by atoms with Crippen LogP contribution in [0.1, 0.15) is 27.4 Å². The third-order valence-electron chi connectivity index (χ3n) is 4.69. The van der Waals surface area contributed by atoms with Crippen molar-refractivity contribution in [1.29, 1.82) is 0 Å². The third kappa shape index (κ3) is 5.47. The van der Waals surface area contributed by atoms with Gasteiger partial charge < -0.3 is 15.4 Å². The average Bonchev–Trinajstić information content (AvgIpc) is 3.10. The number of amides is 2. The molecule has 0 atom stereocenters. The van der Waals surface area contributed by atoms with Crippen molar-refractivity contribution in [2.24, 2.45) is 0 Å². The Bertz CT molecular complexity index is 847. The number of likely N-dealkylation sites (tertiary alicyclic amines) is 1. The van der Waals surface area contributed by atoms with Crippen LogP contribution in [0.25, 0.3) is 0 Å². The summed E-state index contributed by atoms with van der Waals surface area (Å²) in [6.45, 7) is 3.80. The molecule has 6 nitrogen and oxygen atoms in total. The number of hydrogen-bond acceptors (Lipinski definition) is 5. The van der Waals surface area contributed by atoms with E-state index in [-0.39, 0.29) is 17.9 Å². The second-order valence-corrected chi connectivity index (χ2v) is 8.55. The van der Waals surface area contributed by atoms with Crippen LogP contribution >= 0.6 is 22.9 Å². The molecule has 1 aromatic heterocycles. The molecule has 2 aromatic rings. The van der Waals surface area contributed by atoms with Gasteiger partial charge in [-0.3, -0.25) is 14.5 Å². The Morgan fingerprint density at radius 3 is 2.64 bits per heavy atom. The van der Waals surface area contributed by atoms with Crippen LogP contribution in [-0.2, 0) is 4.79 Å². The summed E-state index contributed by atoms with van der Waals surface area (Å²) in [7, 11) is 1.55. The lowest BCUT2D eigenvalue weighted by atomic mass is 10.0. The molecule has 150 valence electrons. The summed E-state index contributed by atoms with van der Waals surface area (Å²) in [5.41, 5.74) is 0.563. The fourth-order valence-electron chi connectivity index (χ4n) is 3.22. The molecule has 0 saturated carbocycles. The lowest BCUT2D eigenvalue weighted by Crippen LogP contribution is -2.46. The first-order valence-electron chi connectivity index (χ1n) is 9.17. The van der Waals surface area contributed by atoms with Crippen molar-refractivity contribution in [1.82, 2.24) is 10.2 Å². The highest BCUT2D eigenvalue weighted by Crippen LogP contribution is 2.27. The van der Waals surface area contributed by atoms with Crippen molar-refractivity contribution in [2.45, 2.75) is 25.8 Å². The van der Waals surface area contributed by atoms with Crippen molar-refractivity contribution < 1.29 is 14.3 Å². The summed E-state index contributed by atoms with van der Waals surface area (Å²) in [6, 6.07) is 9.07. The molecule has 0 radical (unpaired) electrons. The van der Waals surface area contributed by atoms with E-state index in [9.17, 15) is 9.59 Å². The number of methoxy groups -OCH3 is 1. The van der Waals surface area contributed by atoms with Crippen molar-refractivity contribution in [3.63, 3.8) is 0 Å². The average molecular weight is 422 g/mol. The maximum atomic E-state index is 12.4. The lowest BCUT2D eigenvalue weighted by Gasteiger charge is -2.31. The summed E-state index contributed by atoms with van der Waals surface area (Å²) in [4.78, 5) is 28.6. The largest absolute Gasteiger partial charge is 0.495 e. The van der Waals surface area contributed by atoms with E-state index in [1.807, 2.05) is 19.1 Å². The molecule has 1 fully saturated rings.